The number of hydrogen-bond donors (Lipinski definition) is 0. The SMILES string of the molecule is C(=C(c1ccccc1)c1ccccc1)c1ccc2ccccc2c1. The van der Waals surface area contributed by atoms with E-state index in [1.165, 1.54) is 33.0 Å². The van der Waals surface area contributed by atoms with E-state index in [2.05, 4.69) is 109 Å². The summed E-state index contributed by atoms with van der Waals surface area (Å²) >= 11 is 0. The van der Waals surface area contributed by atoms with Crippen LogP contribution in [0.3, 0.4) is 0 Å². The predicted molar refractivity (Wildman–Crippen MR) is 104 cm³/mol. The van der Waals surface area contributed by atoms with E-state index in [1.807, 2.05) is 0 Å². The summed E-state index contributed by atoms with van der Waals surface area (Å²) in [4.78, 5) is 0. The van der Waals surface area contributed by atoms with Gasteiger partial charge in [0.1, 0.15) is 0 Å². The minimum absolute atomic E-state index is 1.22. The van der Waals surface area contributed by atoms with E-state index in [9.17, 15) is 0 Å². The maximum Gasteiger partial charge on any atom is -0.0105 e. The summed E-state index contributed by atoms with van der Waals surface area (Å²) in [6.07, 6.45) is 2.27. The highest BCUT2D eigenvalue weighted by Gasteiger charge is 2.05. The van der Waals surface area contributed by atoms with Crippen molar-refractivity contribution in [3.05, 3.63) is 120 Å². The molecule has 0 aliphatic rings. The molecule has 0 heterocycles. The first-order valence-corrected chi connectivity index (χ1v) is 8.21. The van der Waals surface area contributed by atoms with Gasteiger partial charge in [-0.2, -0.15) is 0 Å². The van der Waals surface area contributed by atoms with Crippen molar-refractivity contribution in [2.75, 3.05) is 0 Å². The minimum Gasteiger partial charge on any atom is -0.0622 e. The van der Waals surface area contributed by atoms with Crippen molar-refractivity contribution in [1.29, 1.82) is 0 Å². The lowest BCUT2D eigenvalue weighted by molar-refractivity contribution is 1.55. The second-order valence-electron chi connectivity index (χ2n) is 5.90. The van der Waals surface area contributed by atoms with Crippen LogP contribution >= 0.6 is 0 Å². The zero-order valence-corrected chi connectivity index (χ0v) is 13.4. The zero-order chi connectivity index (χ0) is 16.2. The van der Waals surface area contributed by atoms with E-state index >= 15 is 0 Å². The molecule has 0 aliphatic heterocycles. The Balaban J connectivity index is 1.87. The first-order valence-electron chi connectivity index (χ1n) is 8.21. The van der Waals surface area contributed by atoms with Crippen molar-refractivity contribution in [1.82, 2.24) is 0 Å². The van der Waals surface area contributed by atoms with Gasteiger partial charge in [-0.05, 0) is 45.2 Å². The van der Waals surface area contributed by atoms with E-state index in [1.54, 1.807) is 0 Å². The monoisotopic (exact) mass is 306 g/mol. The topological polar surface area (TPSA) is 0 Å². The van der Waals surface area contributed by atoms with Crippen molar-refractivity contribution in [3.63, 3.8) is 0 Å². The lowest BCUT2D eigenvalue weighted by Crippen LogP contribution is -1.88. The molecule has 24 heavy (non-hydrogen) atoms. The van der Waals surface area contributed by atoms with Crippen molar-refractivity contribution >= 4 is 22.4 Å². The Morgan fingerprint density at radius 2 is 1.04 bits per heavy atom. The molecule has 0 aromatic heterocycles. The first-order chi connectivity index (χ1) is 11.9. The molecule has 0 unspecified atom stereocenters. The van der Waals surface area contributed by atoms with Crippen molar-refractivity contribution in [2.24, 2.45) is 0 Å². The third-order valence-corrected chi connectivity index (χ3v) is 4.25. The van der Waals surface area contributed by atoms with Gasteiger partial charge in [-0.15, -0.1) is 0 Å². The molecule has 0 amide bonds. The van der Waals surface area contributed by atoms with Gasteiger partial charge in [0, 0.05) is 0 Å². The van der Waals surface area contributed by atoms with Crippen LogP contribution < -0.4 is 0 Å². The van der Waals surface area contributed by atoms with Gasteiger partial charge in [-0.3, -0.25) is 0 Å². The van der Waals surface area contributed by atoms with Crippen molar-refractivity contribution < 1.29 is 0 Å². The maximum absolute atomic E-state index is 2.27. The molecule has 0 saturated heterocycles. The van der Waals surface area contributed by atoms with Gasteiger partial charge in [0.2, 0.25) is 0 Å². The summed E-state index contributed by atoms with van der Waals surface area (Å²) in [5.41, 5.74) is 4.93. The summed E-state index contributed by atoms with van der Waals surface area (Å²) in [6, 6.07) is 36.3. The normalized spacial score (nSPS) is 10.5. The van der Waals surface area contributed by atoms with Crippen LogP contribution in [0.2, 0.25) is 0 Å². The lowest BCUT2D eigenvalue weighted by atomic mass is 9.95. The third kappa shape index (κ3) is 3.00. The highest BCUT2D eigenvalue weighted by atomic mass is 14.1. The minimum atomic E-state index is 1.22. The molecule has 0 fully saturated rings. The summed E-state index contributed by atoms with van der Waals surface area (Å²) in [6.45, 7) is 0. The molecule has 0 bridgehead atoms. The summed E-state index contributed by atoms with van der Waals surface area (Å²) in [7, 11) is 0. The van der Waals surface area contributed by atoms with Crippen LogP contribution in [0.25, 0.3) is 22.4 Å². The highest BCUT2D eigenvalue weighted by molar-refractivity contribution is 5.93. The summed E-state index contributed by atoms with van der Waals surface area (Å²) in [5.74, 6) is 0. The largest absolute Gasteiger partial charge is 0.0622 e. The van der Waals surface area contributed by atoms with Crippen LogP contribution in [0.4, 0.5) is 0 Å². The molecule has 0 aliphatic carbocycles. The fraction of sp³-hybridized carbons (Fsp3) is 0. The van der Waals surface area contributed by atoms with Crippen LogP contribution in [0.1, 0.15) is 16.7 Å². The molecule has 114 valence electrons. The standard InChI is InChI=1S/C24H18/c1-3-10-21(11-4-1)24(22-12-5-2-6-13-22)18-19-15-16-20-9-7-8-14-23(20)17-19/h1-18H. The zero-order valence-electron chi connectivity index (χ0n) is 13.4. The molecule has 4 rings (SSSR count). The fourth-order valence-corrected chi connectivity index (χ4v) is 3.03. The van der Waals surface area contributed by atoms with Crippen molar-refractivity contribution in [2.45, 2.75) is 0 Å². The molecule has 0 radical (unpaired) electrons. The molecule has 0 heteroatoms. The Bertz CT molecular complexity index is 938. The summed E-state index contributed by atoms with van der Waals surface area (Å²) in [5, 5.41) is 2.54. The average Bonchev–Trinajstić information content (AvgIpc) is 2.67. The van der Waals surface area contributed by atoms with Crippen LogP contribution in [-0.4, -0.2) is 0 Å². The molecule has 0 saturated carbocycles. The van der Waals surface area contributed by atoms with Gasteiger partial charge < -0.3 is 0 Å². The Morgan fingerprint density at radius 1 is 0.500 bits per heavy atom. The van der Waals surface area contributed by atoms with Gasteiger partial charge >= 0.3 is 0 Å². The molecular weight excluding hydrogens is 288 g/mol. The summed E-state index contributed by atoms with van der Waals surface area (Å²) < 4.78 is 0. The number of hydrogen-bond acceptors (Lipinski definition) is 0. The smallest absolute Gasteiger partial charge is 0.0105 e. The van der Waals surface area contributed by atoms with E-state index in [0.29, 0.717) is 0 Å². The maximum atomic E-state index is 2.27. The van der Waals surface area contributed by atoms with Crippen LogP contribution in [0.5, 0.6) is 0 Å². The van der Waals surface area contributed by atoms with Crippen LogP contribution in [0.15, 0.2) is 103 Å². The molecular formula is C24H18. The predicted octanol–water partition coefficient (Wildman–Crippen LogP) is 6.43. The number of fused-ring (bicyclic) bond motifs is 1. The molecule has 0 atom stereocenters. The van der Waals surface area contributed by atoms with Gasteiger partial charge in [-0.25, -0.2) is 0 Å². The second-order valence-corrected chi connectivity index (χ2v) is 5.90. The third-order valence-electron chi connectivity index (χ3n) is 4.25. The number of rotatable bonds is 3. The first kappa shape index (κ1) is 14.5. The van der Waals surface area contributed by atoms with Gasteiger partial charge in [-0.1, -0.05) is 97.1 Å². The van der Waals surface area contributed by atoms with E-state index in [4.69, 9.17) is 0 Å². The molecule has 4 aromatic rings. The van der Waals surface area contributed by atoms with Gasteiger partial charge in [0.15, 0.2) is 0 Å². The quantitative estimate of drug-likeness (QED) is 0.383. The Kier molecular flexibility index (Phi) is 3.95. The molecule has 0 nitrogen and oxygen atoms in total. The Morgan fingerprint density at radius 3 is 1.67 bits per heavy atom. The number of benzene rings is 4. The van der Waals surface area contributed by atoms with Gasteiger partial charge in [0.25, 0.3) is 0 Å². The Hall–Kier alpha value is -3.12. The highest BCUT2D eigenvalue weighted by Crippen LogP contribution is 2.27. The van der Waals surface area contributed by atoms with Gasteiger partial charge in [0.05, 0.1) is 0 Å². The molecule has 0 N–H and O–H groups in total. The average molecular weight is 306 g/mol. The fourth-order valence-electron chi connectivity index (χ4n) is 3.03. The van der Waals surface area contributed by atoms with E-state index in [-0.39, 0.29) is 0 Å². The second kappa shape index (κ2) is 6.55. The van der Waals surface area contributed by atoms with Crippen LogP contribution in [0, 0.1) is 0 Å². The van der Waals surface area contributed by atoms with E-state index < -0.39 is 0 Å². The lowest BCUT2D eigenvalue weighted by Gasteiger charge is -2.09. The Labute approximate surface area is 142 Å². The molecule has 4 aromatic carbocycles. The molecule has 0 spiro atoms. The van der Waals surface area contributed by atoms with Crippen LogP contribution in [-0.2, 0) is 0 Å². The van der Waals surface area contributed by atoms with E-state index in [0.717, 1.165) is 0 Å². The van der Waals surface area contributed by atoms with Crippen molar-refractivity contribution in [3.8, 4) is 0 Å².